The molecule has 0 aliphatic carbocycles. The van der Waals surface area contributed by atoms with Gasteiger partial charge in [-0.2, -0.15) is 0 Å². The van der Waals surface area contributed by atoms with E-state index in [-0.39, 0.29) is 0 Å². The molecule has 166 valence electrons. The van der Waals surface area contributed by atoms with Crippen LogP contribution < -0.4 is 4.90 Å². The van der Waals surface area contributed by atoms with Crippen LogP contribution in [0.4, 0.5) is 17.1 Å². The van der Waals surface area contributed by atoms with Crippen LogP contribution in [0.1, 0.15) is 11.1 Å². The van der Waals surface area contributed by atoms with Gasteiger partial charge in [-0.25, -0.2) is 8.42 Å². The second-order valence-corrected chi connectivity index (χ2v) is 10.7. The largest absolute Gasteiger partial charge is 0.307 e. The fraction of sp³-hybridized carbons (Fsp3) is 0.0667. The Morgan fingerprint density at radius 1 is 0.618 bits per heavy atom. The zero-order valence-corrected chi connectivity index (χ0v) is 19.8. The van der Waals surface area contributed by atoms with E-state index in [2.05, 4.69) is 41.3 Å². The summed E-state index contributed by atoms with van der Waals surface area (Å²) in [6.45, 7) is 3.86. The van der Waals surface area contributed by atoms with E-state index in [0.717, 1.165) is 38.7 Å². The molecule has 1 heterocycles. The lowest BCUT2D eigenvalue weighted by molar-refractivity contribution is 0.595. The monoisotopic (exact) mass is 461 g/mol. The van der Waals surface area contributed by atoms with E-state index in [0.29, 0.717) is 21.2 Å². The number of hydrogen-bond donors (Lipinski definition) is 0. The lowest BCUT2D eigenvalue weighted by Gasteiger charge is -2.35. The number of hydrogen-bond acceptors (Lipinski definition) is 3. The average Bonchev–Trinajstić information content (AvgIpc) is 2.85. The Balaban J connectivity index is 1.79. The van der Waals surface area contributed by atoms with Crippen LogP contribution in [0.5, 0.6) is 0 Å². The van der Waals surface area contributed by atoms with Crippen LogP contribution in [0.15, 0.2) is 113 Å². The van der Waals surface area contributed by atoms with Crippen LogP contribution in [0.3, 0.4) is 0 Å². The van der Waals surface area contributed by atoms with Gasteiger partial charge in [-0.15, -0.1) is 0 Å². The molecule has 3 nitrogen and oxygen atoms in total. The Hall–Kier alpha value is -3.89. The summed E-state index contributed by atoms with van der Waals surface area (Å²) >= 11 is 0. The summed E-state index contributed by atoms with van der Waals surface area (Å²) in [4.78, 5) is 2.82. The van der Waals surface area contributed by atoms with Crippen molar-refractivity contribution in [2.24, 2.45) is 0 Å². The van der Waals surface area contributed by atoms with Crippen molar-refractivity contribution in [3.63, 3.8) is 0 Å². The number of nitrogens with zero attached hydrogens (tertiary/aromatic N) is 1. The van der Waals surface area contributed by atoms with Crippen molar-refractivity contribution in [2.75, 3.05) is 4.90 Å². The van der Waals surface area contributed by atoms with Crippen molar-refractivity contribution in [2.45, 2.75) is 23.6 Å². The van der Waals surface area contributed by atoms with Crippen LogP contribution in [-0.2, 0) is 9.84 Å². The van der Waals surface area contributed by atoms with Gasteiger partial charge in [-0.3, -0.25) is 0 Å². The van der Waals surface area contributed by atoms with Gasteiger partial charge < -0.3 is 4.90 Å². The Kier molecular flexibility index (Phi) is 4.61. The van der Waals surface area contributed by atoms with E-state index >= 15 is 0 Å². The van der Waals surface area contributed by atoms with Gasteiger partial charge >= 0.3 is 0 Å². The van der Waals surface area contributed by atoms with Crippen LogP contribution in [0, 0.1) is 13.8 Å². The van der Waals surface area contributed by atoms with Crippen LogP contribution in [-0.4, -0.2) is 8.42 Å². The molecular weight excluding hydrogens is 438 g/mol. The minimum Gasteiger partial charge on any atom is -0.307 e. The Bertz CT molecular complexity index is 1630. The zero-order chi connectivity index (χ0) is 23.4. The first-order valence-corrected chi connectivity index (χ1v) is 12.8. The number of anilines is 3. The SMILES string of the molecule is Cc1ccc2c(c1)S(=O)(=O)c1cc(C)ccc1N2c1c(-c2ccccc2)ccc2ccccc12. The maximum Gasteiger partial charge on any atom is 0.210 e. The zero-order valence-electron chi connectivity index (χ0n) is 19.0. The van der Waals surface area contributed by atoms with Crippen LogP contribution in [0.25, 0.3) is 21.9 Å². The average molecular weight is 462 g/mol. The molecule has 0 saturated heterocycles. The number of fused-ring (bicyclic) bond motifs is 3. The topological polar surface area (TPSA) is 37.4 Å². The summed E-state index contributed by atoms with van der Waals surface area (Å²) in [5, 5.41) is 2.18. The molecule has 0 spiro atoms. The Morgan fingerprint density at radius 2 is 1.21 bits per heavy atom. The summed E-state index contributed by atoms with van der Waals surface area (Å²) in [5.41, 5.74) is 6.30. The third kappa shape index (κ3) is 3.06. The number of rotatable bonds is 2. The molecule has 1 aliphatic rings. The van der Waals surface area contributed by atoms with Crippen molar-refractivity contribution < 1.29 is 8.42 Å². The Labute approximate surface area is 199 Å². The summed E-state index contributed by atoms with van der Waals surface area (Å²) in [7, 11) is -3.66. The molecule has 1 aliphatic heterocycles. The van der Waals surface area contributed by atoms with Crippen molar-refractivity contribution >= 4 is 37.7 Å². The van der Waals surface area contributed by atoms with E-state index in [1.807, 2.05) is 68.4 Å². The van der Waals surface area contributed by atoms with Gasteiger partial charge in [0.25, 0.3) is 0 Å². The van der Waals surface area contributed by atoms with E-state index < -0.39 is 9.84 Å². The van der Waals surface area contributed by atoms with E-state index in [1.165, 1.54) is 0 Å². The van der Waals surface area contributed by atoms with E-state index in [1.54, 1.807) is 12.1 Å². The molecule has 6 rings (SSSR count). The third-order valence-electron chi connectivity index (χ3n) is 6.50. The second-order valence-electron chi connectivity index (χ2n) is 8.83. The molecule has 4 heteroatoms. The highest BCUT2D eigenvalue weighted by Crippen LogP contribution is 2.52. The first-order chi connectivity index (χ1) is 16.4. The van der Waals surface area contributed by atoms with E-state index in [4.69, 9.17) is 0 Å². The van der Waals surface area contributed by atoms with Gasteiger partial charge in [0.05, 0.1) is 26.9 Å². The molecule has 0 saturated carbocycles. The van der Waals surface area contributed by atoms with Crippen LogP contribution >= 0.6 is 0 Å². The molecule has 0 atom stereocenters. The molecule has 5 aromatic rings. The summed E-state index contributed by atoms with van der Waals surface area (Å²) in [5.74, 6) is 0. The summed E-state index contributed by atoms with van der Waals surface area (Å²) < 4.78 is 27.5. The second kappa shape index (κ2) is 7.57. The molecule has 0 aromatic heterocycles. The highest BCUT2D eigenvalue weighted by molar-refractivity contribution is 7.92. The van der Waals surface area contributed by atoms with Crippen molar-refractivity contribution in [3.8, 4) is 11.1 Å². The Morgan fingerprint density at radius 3 is 1.85 bits per heavy atom. The van der Waals surface area contributed by atoms with Gasteiger partial charge in [0.1, 0.15) is 0 Å². The quantitative estimate of drug-likeness (QED) is 0.265. The molecule has 34 heavy (non-hydrogen) atoms. The van der Waals surface area contributed by atoms with Gasteiger partial charge in [-0.1, -0.05) is 78.9 Å². The molecule has 0 amide bonds. The van der Waals surface area contributed by atoms with Crippen LogP contribution in [0.2, 0.25) is 0 Å². The maximum atomic E-state index is 13.8. The highest BCUT2D eigenvalue weighted by atomic mass is 32.2. The smallest absolute Gasteiger partial charge is 0.210 e. The van der Waals surface area contributed by atoms with Gasteiger partial charge in [0, 0.05) is 10.9 Å². The van der Waals surface area contributed by atoms with Crippen molar-refractivity contribution in [1.82, 2.24) is 0 Å². The van der Waals surface area contributed by atoms with Gasteiger partial charge in [0.2, 0.25) is 9.84 Å². The fourth-order valence-electron chi connectivity index (χ4n) is 4.88. The predicted molar refractivity (Wildman–Crippen MR) is 139 cm³/mol. The first-order valence-electron chi connectivity index (χ1n) is 11.3. The van der Waals surface area contributed by atoms with Gasteiger partial charge in [-0.05, 0) is 60.2 Å². The fourth-order valence-corrected chi connectivity index (χ4v) is 6.67. The molecule has 0 N–H and O–H groups in total. The lowest BCUT2D eigenvalue weighted by Crippen LogP contribution is -2.23. The molecule has 5 aromatic carbocycles. The molecule has 0 radical (unpaired) electrons. The third-order valence-corrected chi connectivity index (χ3v) is 8.31. The molecular formula is C30H23NO2S. The molecule has 0 fully saturated rings. The van der Waals surface area contributed by atoms with Gasteiger partial charge in [0.15, 0.2) is 0 Å². The highest BCUT2D eigenvalue weighted by Gasteiger charge is 2.36. The van der Waals surface area contributed by atoms with Crippen molar-refractivity contribution in [1.29, 1.82) is 0 Å². The number of sulfone groups is 1. The summed E-state index contributed by atoms with van der Waals surface area (Å²) in [6.07, 6.45) is 0. The maximum absolute atomic E-state index is 13.8. The molecule has 0 bridgehead atoms. The predicted octanol–water partition coefficient (Wildman–Crippen LogP) is 7.74. The molecule has 0 unspecified atom stereocenters. The summed E-state index contributed by atoms with van der Waals surface area (Å²) in [6, 6.07) is 34.2. The number of benzene rings is 5. The first kappa shape index (κ1) is 20.7. The van der Waals surface area contributed by atoms with Crippen molar-refractivity contribution in [3.05, 3.63) is 114 Å². The standard InChI is InChI=1S/C30H23NO2S/c1-20-12-16-26-28(18-20)34(32,33)29-19-21(2)13-17-27(29)31(26)30-24-11-7-6-10-23(24)14-15-25(30)22-8-4-3-5-9-22/h3-19H,1-2H3. The minimum atomic E-state index is -3.66. The van der Waals surface area contributed by atoms with E-state index in [9.17, 15) is 8.42 Å². The lowest BCUT2D eigenvalue weighted by atomic mass is 9.96. The minimum absolute atomic E-state index is 0.345. The number of aryl methyl sites for hydroxylation is 2. The normalized spacial score (nSPS) is 14.0.